The molecular weight excluding hydrogens is 459 g/mol. The Balaban J connectivity index is 1.65. The van der Waals surface area contributed by atoms with Gasteiger partial charge in [-0.1, -0.05) is 69.2 Å². The molecule has 0 bridgehead atoms. The Morgan fingerprint density at radius 3 is 1.64 bits per heavy atom. The predicted octanol–water partition coefficient (Wildman–Crippen LogP) is 7.89. The molecule has 0 saturated heterocycles. The van der Waals surface area contributed by atoms with Gasteiger partial charge in [0.15, 0.2) is 8.15 Å². The second-order valence-electron chi connectivity index (χ2n) is 9.28. The summed E-state index contributed by atoms with van der Waals surface area (Å²) >= 11 is 0. The number of benzene rings is 3. The monoisotopic (exact) mass is 492 g/mol. The van der Waals surface area contributed by atoms with Gasteiger partial charge in [-0.2, -0.15) is 0 Å². The molecule has 4 heteroatoms. The minimum absolute atomic E-state index is 0.946. The summed E-state index contributed by atoms with van der Waals surface area (Å²) in [6.45, 7) is 4.50. The molecule has 0 aliphatic rings. The van der Waals surface area contributed by atoms with Gasteiger partial charge < -0.3 is 4.52 Å². The molecule has 0 fully saturated rings. The lowest BCUT2D eigenvalue weighted by atomic mass is 10.0. The minimum atomic E-state index is -1.20. The van der Waals surface area contributed by atoms with Gasteiger partial charge in [0.05, 0.1) is 11.0 Å². The quantitative estimate of drug-likeness (QED) is 0.186. The molecule has 0 unspecified atom stereocenters. The van der Waals surface area contributed by atoms with E-state index in [4.69, 9.17) is 14.5 Å². The van der Waals surface area contributed by atoms with Gasteiger partial charge in [0.25, 0.3) is 0 Å². The minimum Gasteiger partial charge on any atom is -0.464 e. The first-order valence-corrected chi connectivity index (χ1v) is 14.3. The SMILES string of the molecule is CCCCc1cc(CCCC)cc(OP(c2cccc3cccnc23)c2cccc3cccnc23)c1. The molecule has 5 aromatic rings. The fourth-order valence-corrected chi connectivity index (χ4v) is 6.64. The standard InChI is InChI=1S/C32H33N2OP/c1-3-5-11-24-21-25(12-6-4-2)23-28(22-24)35-36(29-17-7-13-26-15-9-19-33-31(26)29)30-18-8-14-27-16-10-20-34-32(27)30/h7-10,13-23H,3-6,11-12H2,1-2H3. The molecule has 3 aromatic carbocycles. The zero-order valence-corrected chi connectivity index (χ0v) is 22.0. The van der Waals surface area contributed by atoms with Crippen LogP contribution in [0.4, 0.5) is 0 Å². The Bertz CT molecular complexity index is 1350. The summed E-state index contributed by atoms with van der Waals surface area (Å²) in [4.78, 5) is 9.56. The fourth-order valence-electron chi connectivity index (χ4n) is 4.67. The van der Waals surface area contributed by atoms with Crippen LogP contribution in [0.15, 0.2) is 91.3 Å². The third-order valence-electron chi connectivity index (χ3n) is 6.52. The lowest BCUT2D eigenvalue weighted by molar-refractivity contribution is 0.625. The molecule has 0 atom stereocenters. The van der Waals surface area contributed by atoms with Crippen molar-refractivity contribution in [3.05, 3.63) is 102 Å². The van der Waals surface area contributed by atoms with Crippen molar-refractivity contribution in [2.24, 2.45) is 0 Å². The molecule has 0 N–H and O–H groups in total. The Labute approximate surface area is 215 Å². The van der Waals surface area contributed by atoms with Crippen LogP contribution in [0.25, 0.3) is 21.8 Å². The van der Waals surface area contributed by atoms with Crippen LogP contribution in [-0.2, 0) is 12.8 Å². The van der Waals surface area contributed by atoms with Crippen LogP contribution >= 0.6 is 8.15 Å². The first-order valence-electron chi connectivity index (χ1n) is 13.0. The van der Waals surface area contributed by atoms with E-state index in [1.165, 1.54) is 36.8 Å². The molecule has 3 nitrogen and oxygen atoms in total. The lowest BCUT2D eigenvalue weighted by Gasteiger charge is -2.22. The van der Waals surface area contributed by atoms with Crippen LogP contribution < -0.4 is 15.1 Å². The molecule has 182 valence electrons. The number of hydrogen-bond acceptors (Lipinski definition) is 3. The van der Waals surface area contributed by atoms with E-state index in [2.05, 4.69) is 80.6 Å². The van der Waals surface area contributed by atoms with E-state index in [1.54, 1.807) is 0 Å². The number of fused-ring (bicyclic) bond motifs is 2. The maximum Gasteiger partial charge on any atom is 0.155 e. The molecule has 2 aromatic heterocycles. The summed E-state index contributed by atoms with van der Waals surface area (Å²) in [7, 11) is -1.20. The van der Waals surface area contributed by atoms with Gasteiger partial charge in [0, 0.05) is 33.8 Å². The summed E-state index contributed by atoms with van der Waals surface area (Å²) in [6.07, 6.45) is 10.6. The average molecular weight is 493 g/mol. The van der Waals surface area contributed by atoms with Crippen molar-refractivity contribution >= 4 is 40.6 Å². The number of para-hydroxylation sites is 2. The molecule has 0 aliphatic heterocycles. The zero-order valence-electron chi connectivity index (χ0n) is 21.2. The maximum atomic E-state index is 7.03. The van der Waals surface area contributed by atoms with Crippen molar-refractivity contribution in [3.63, 3.8) is 0 Å². The Morgan fingerprint density at radius 1 is 0.639 bits per heavy atom. The van der Waals surface area contributed by atoms with Gasteiger partial charge in [0.1, 0.15) is 5.75 Å². The summed E-state index contributed by atoms with van der Waals surface area (Å²) in [5, 5.41) is 4.49. The molecule has 0 saturated carbocycles. The molecule has 5 rings (SSSR count). The number of nitrogens with zero attached hydrogens (tertiary/aromatic N) is 2. The first-order chi connectivity index (χ1) is 17.8. The second-order valence-corrected chi connectivity index (χ2v) is 11.0. The van der Waals surface area contributed by atoms with Crippen molar-refractivity contribution in [3.8, 4) is 5.75 Å². The topological polar surface area (TPSA) is 35.0 Å². The number of aryl methyl sites for hydroxylation is 2. The second kappa shape index (κ2) is 11.6. The van der Waals surface area contributed by atoms with E-state index >= 15 is 0 Å². The highest BCUT2D eigenvalue weighted by Gasteiger charge is 2.23. The normalized spacial score (nSPS) is 11.4. The Morgan fingerprint density at radius 2 is 1.14 bits per heavy atom. The van der Waals surface area contributed by atoms with Gasteiger partial charge in [-0.15, -0.1) is 0 Å². The van der Waals surface area contributed by atoms with Crippen LogP contribution in [0.3, 0.4) is 0 Å². The van der Waals surface area contributed by atoms with E-state index in [-0.39, 0.29) is 0 Å². The highest BCUT2D eigenvalue weighted by molar-refractivity contribution is 7.69. The summed E-state index contributed by atoms with van der Waals surface area (Å²) in [6, 6.07) is 27.9. The summed E-state index contributed by atoms with van der Waals surface area (Å²) in [5.74, 6) is 0.946. The fraction of sp³-hybridized carbons (Fsp3) is 0.250. The molecule has 0 amide bonds. The van der Waals surface area contributed by atoms with Gasteiger partial charge >= 0.3 is 0 Å². The number of unbranched alkanes of at least 4 members (excludes halogenated alkanes) is 2. The van der Waals surface area contributed by atoms with Crippen molar-refractivity contribution in [2.75, 3.05) is 0 Å². The first kappa shape index (κ1) is 24.4. The van der Waals surface area contributed by atoms with Gasteiger partial charge in [-0.25, -0.2) is 0 Å². The van der Waals surface area contributed by atoms with Crippen molar-refractivity contribution in [1.29, 1.82) is 0 Å². The van der Waals surface area contributed by atoms with Crippen LogP contribution in [0, 0.1) is 0 Å². The van der Waals surface area contributed by atoms with Gasteiger partial charge in [0.2, 0.25) is 0 Å². The summed E-state index contributed by atoms with van der Waals surface area (Å²) in [5.41, 5.74) is 4.71. The summed E-state index contributed by atoms with van der Waals surface area (Å²) < 4.78 is 7.03. The molecular formula is C32H33N2OP. The van der Waals surface area contributed by atoms with Crippen LogP contribution in [0.5, 0.6) is 5.75 Å². The number of hydrogen-bond donors (Lipinski definition) is 0. The molecule has 36 heavy (non-hydrogen) atoms. The van der Waals surface area contributed by atoms with E-state index < -0.39 is 8.15 Å². The predicted molar refractivity (Wildman–Crippen MR) is 154 cm³/mol. The van der Waals surface area contributed by atoms with Gasteiger partial charge in [-0.05, 0) is 73.2 Å². The van der Waals surface area contributed by atoms with Crippen LogP contribution in [-0.4, -0.2) is 9.97 Å². The third-order valence-corrected chi connectivity index (χ3v) is 8.51. The largest absolute Gasteiger partial charge is 0.464 e. The van der Waals surface area contributed by atoms with Crippen molar-refractivity contribution < 1.29 is 4.52 Å². The smallest absolute Gasteiger partial charge is 0.155 e. The average Bonchev–Trinajstić information content (AvgIpc) is 2.93. The number of rotatable bonds is 10. The Kier molecular flexibility index (Phi) is 7.88. The van der Waals surface area contributed by atoms with E-state index in [9.17, 15) is 0 Å². The van der Waals surface area contributed by atoms with Crippen LogP contribution in [0.2, 0.25) is 0 Å². The highest BCUT2D eigenvalue weighted by atomic mass is 31.1. The van der Waals surface area contributed by atoms with Gasteiger partial charge in [-0.3, -0.25) is 9.97 Å². The molecule has 0 aliphatic carbocycles. The zero-order chi connectivity index (χ0) is 24.7. The van der Waals surface area contributed by atoms with Crippen LogP contribution in [0.1, 0.15) is 50.7 Å². The van der Waals surface area contributed by atoms with E-state index in [1.807, 2.05) is 24.5 Å². The Hall–Kier alpha value is -3.29. The molecule has 2 heterocycles. The number of pyridine rings is 2. The maximum absolute atomic E-state index is 7.03. The molecule has 0 spiro atoms. The van der Waals surface area contributed by atoms with Crippen molar-refractivity contribution in [1.82, 2.24) is 9.97 Å². The van der Waals surface area contributed by atoms with E-state index in [0.717, 1.165) is 51.0 Å². The molecule has 0 radical (unpaired) electrons. The third kappa shape index (κ3) is 5.42. The van der Waals surface area contributed by atoms with Crippen molar-refractivity contribution in [2.45, 2.75) is 52.4 Å². The lowest BCUT2D eigenvalue weighted by Crippen LogP contribution is -2.18. The number of aromatic nitrogens is 2. The van der Waals surface area contributed by atoms with E-state index in [0.29, 0.717) is 0 Å². The highest BCUT2D eigenvalue weighted by Crippen LogP contribution is 2.41.